The fraction of sp³-hybridized carbons (Fsp3) is 0.588. The molecule has 160 valence electrons. The smallest absolute Gasteiger partial charge is 0.407 e. The minimum Gasteiger partial charge on any atom is -0.480 e. The van der Waals surface area contributed by atoms with Crippen molar-refractivity contribution in [3.63, 3.8) is 0 Å². The molecule has 1 aliphatic rings. The van der Waals surface area contributed by atoms with E-state index < -0.39 is 52.8 Å². The van der Waals surface area contributed by atoms with Gasteiger partial charge in [-0.25, -0.2) is 14.4 Å². The number of amides is 2. The summed E-state index contributed by atoms with van der Waals surface area (Å²) in [5.74, 6) is -1.66. The number of aromatic amines is 1. The van der Waals surface area contributed by atoms with Gasteiger partial charge in [-0.05, 0) is 27.7 Å². The summed E-state index contributed by atoms with van der Waals surface area (Å²) in [4.78, 5) is 62.9. The lowest BCUT2D eigenvalue weighted by Gasteiger charge is -2.28. The molecular formula is C17H24N4O7S. The predicted octanol–water partition coefficient (Wildman–Crippen LogP) is -0.276. The molecule has 1 saturated heterocycles. The predicted molar refractivity (Wildman–Crippen MR) is 105 cm³/mol. The van der Waals surface area contributed by atoms with Crippen molar-refractivity contribution in [2.75, 3.05) is 12.3 Å². The Morgan fingerprint density at radius 3 is 2.59 bits per heavy atom. The van der Waals surface area contributed by atoms with Gasteiger partial charge < -0.3 is 20.1 Å². The molecule has 0 aliphatic carbocycles. The number of rotatable bonds is 5. The van der Waals surface area contributed by atoms with E-state index in [1.807, 2.05) is 0 Å². The number of thioether (sulfide) groups is 1. The van der Waals surface area contributed by atoms with Crippen LogP contribution >= 0.6 is 11.8 Å². The second-order valence-electron chi connectivity index (χ2n) is 7.53. The summed E-state index contributed by atoms with van der Waals surface area (Å²) in [6, 6.07) is -1.10. The molecule has 1 fully saturated rings. The van der Waals surface area contributed by atoms with Crippen molar-refractivity contribution in [1.82, 2.24) is 19.8 Å². The lowest BCUT2D eigenvalue weighted by atomic mass is 10.2. The molecule has 2 heterocycles. The van der Waals surface area contributed by atoms with Gasteiger partial charge in [0.1, 0.15) is 18.2 Å². The van der Waals surface area contributed by atoms with E-state index in [0.29, 0.717) is 0 Å². The molecule has 0 radical (unpaired) electrons. The Morgan fingerprint density at radius 1 is 1.34 bits per heavy atom. The molecule has 2 rings (SSSR count). The van der Waals surface area contributed by atoms with Crippen molar-refractivity contribution in [3.05, 3.63) is 32.6 Å². The third-order valence-electron chi connectivity index (χ3n) is 3.98. The number of carbonyl (C=O) groups excluding carboxylic acids is 2. The molecule has 12 heteroatoms. The Bertz CT molecular complexity index is 918. The Balaban J connectivity index is 2.16. The molecule has 0 bridgehead atoms. The van der Waals surface area contributed by atoms with Crippen LogP contribution in [0, 0.1) is 6.92 Å². The highest BCUT2D eigenvalue weighted by molar-refractivity contribution is 8.00. The first-order valence-corrected chi connectivity index (χ1v) is 9.86. The van der Waals surface area contributed by atoms with E-state index >= 15 is 0 Å². The molecule has 1 aromatic rings. The van der Waals surface area contributed by atoms with E-state index in [2.05, 4.69) is 10.3 Å². The average Bonchev–Trinajstić information content (AvgIpc) is 3.00. The number of nitrogens with one attached hydrogen (secondary N) is 2. The minimum absolute atomic E-state index is 0.0192. The first kappa shape index (κ1) is 22.5. The molecule has 2 amide bonds. The Labute approximate surface area is 170 Å². The highest BCUT2D eigenvalue weighted by atomic mass is 32.2. The summed E-state index contributed by atoms with van der Waals surface area (Å²) in [6.07, 6.45) is 0.559. The molecule has 1 aromatic heterocycles. The Hall–Kier alpha value is -2.76. The van der Waals surface area contributed by atoms with Crippen molar-refractivity contribution in [1.29, 1.82) is 0 Å². The maximum absolute atomic E-state index is 12.8. The third-order valence-corrected chi connectivity index (χ3v) is 5.27. The van der Waals surface area contributed by atoms with Crippen LogP contribution in [0.4, 0.5) is 4.79 Å². The van der Waals surface area contributed by atoms with Crippen LogP contribution in [-0.4, -0.2) is 66.8 Å². The lowest BCUT2D eigenvalue weighted by molar-refractivity contribution is -0.149. The zero-order chi connectivity index (χ0) is 21.9. The van der Waals surface area contributed by atoms with Crippen molar-refractivity contribution >= 4 is 29.7 Å². The molecule has 29 heavy (non-hydrogen) atoms. The van der Waals surface area contributed by atoms with E-state index in [4.69, 9.17) is 4.74 Å². The highest BCUT2D eigenvalue weighted by Crippen LogP contribution is 2.29. The van der Waals surface area contributed by atoms with Crippen LogP contribution in [-0.2, 0) is 20.9 Å². The molecule has 11 nitrogen and oxygen atoms in total. The Morgan fingerprint density at radius 2 is 2.00 bits per heavy atom. The summed E-state index contributed by atoms with van der Waals surface area (Å²) in [6.45, 7) is 6.14. The fourth-order valence-electron chi connectivity index (χ4n) is 2.69. The molecule has 0 spiro atoms. The van der Waals surface area contributed by atoms with Crippen LogP contribution in [0.3, 0.4) is 0 Å². The molecule has 0 unspecified atom stereocenters. The van der Waals surface area contributed by atoms with Crippen LogP contribution in [0.15, 0.2) is 15.8 Å². The van der Waals surface area contributed by atoms with E-state index in [0.717, 1.165) is 9.47 Å². The number of ether oxygens (including phenoxy) is 1. The van der Waals surface area contributed by atoms with Crippen LogP contribution in [0.25, 0.3) is 0 Å². The van der Waals surface area contributed by atoms with Crippen LogP contribution in [0.1, 0.15) is 26.3 Å². The van der Waals surface area contributed by atoms with Gasteiger partial charge >= 0.3 is 17.8 Å². The van der Waals surface area contributed by atoms with E-state index in [1.54, 1.807) is 20.8 Å². The topological polar surface area (TPSA) is 151 Å². The van der Waals surface area contributed by atoms with E-state index in [9.17, 15) is 29.1 Å². The number of nitrogens with zero attached hydrogens (tertiary/aromatic N) is 2. The zero-order valence-electron chi connectivity index (χ0n) is 16.6. The van der Waals surface area contributed by atoms with Gasteiger partial charge in [0, 0.05) is 17.5 Å². The number of aromatic nitrogens is 2. The van der Waals surface area contributed by atoms with Crippen molar-refractivity contribution < 1.29 is 24.2 Å². The number of carboxylic acid groups (broad SMARTS) is 1. The summed E-state index contributed by atoms with van der Waals surface area (Å²) in [5, 5.41) is 11.3. The number of alkyl carbamates (subject to hydrolysis) is 1. The van der Waals surface area contributed by atoms with Crippen LogP contribution in [0.2, 0.25) is 0 Å². The number of hydrogen-bond acceptors (Lipinski definition) is 7. The number of aryl methyl sites for hydroxylation is 1. The van der Waals surface area contributed by atoms with Gasteiger partial charge in [-0.3, -0.25) is 19.1 Å². The van der Waals surface area contributed by atoms with Gasteiger partial charge in [-0.1, -0.05) is 0 Å². The SMILES string of the molecule is Cc1cn(CC(=O)N2[C@H](CNC(=O)OC(C)(C)C)SC[C@H]2C(=O)O)c(=O)[nH]c1=O. The monoisotopic (exact) mass is 428 g/mol. The molecule has 1 aliphatic heterocycles. The van der Waals surface area contributed by atoms with Crippen molar-refractivity contribution in [2.45, 2.75) is 51.3 Å². The number of H-pyrrole nitrogens is 1. The van der Waals surface area contributed by atoms with E-state index in [-0.39, 0.29) is 17.9 Å². The normalized spacial score (nSPS) is 19.1. The average molecular weight is 428 g/mol. The summed E-state index contributed by atoms with van der Waals surface area (Å²) < 4.78 is 6.16. The van der Waals surface area contributed by atoms with Gasteiger partial charge in [-0.2, -0.15) is 0 Å². The fourth-order valence-corrected chi connectivity index (χ4v) is 4.03. The number of aliphatic carboxylic acids is 1. The van der Waals surface area contributed by atoms with Gasteiger partial charge in [0.25, 0.3) is 5.56 Å². The standard InChI is InChI=1S/C17H24N4O7S/c1-9-6-20(15(26)19-13(9)23)7-11(22)21-10(14(24)25)8-29-12(21)5-18-16(27)28-17(2,3)4/h6,10,12H,5,7-8H2,1-4H3,(H,18,27)(H,24,25)(H,19,23,26)/t10-,12-/m0/s1. The summed E-state index contributed by atoms with van der Waals surface area (Å²) >= 11 is 1.20. The first-order chi connectivity index (χ1) is 13.4. The van der Waals surface area contributed by atoms with E-state index in [1.165, 1.54) is 24.9 Å². The first-order valence-electron chi connectivity index (χ1n) is 8.82. The molecular weight excluding hydrogens is 404 g/mol. The maximum atomic E-state index is 12.8. The third kappa shape index (κ3) is 5.86. The number of hydrogen-bond donors (Lipinski definition) is 3. The van der Waals surface area contributed by atoms with Gasteiger partial charge in [0.05, 0.1) is 11.9 Å². The van der Waals surface area contributed by atoms with Crippen LogP contribution in [0.5, 0.6) is 0 Å². The van der Waals surface area contributed by atoms with Crippen molar-refractivity contribution in [3.8, 4) is 0 Å². The van der Waals surface area contributed by atoms with Gasteiger partial charge in [-0.15, -0.1) is 11.8 Å². The van der Waals surface area contributed by atoms with Crippen LogP contribution < -0.4 is 16.6 Å². The molecule has 0 aromatic carbocycles. The number of carbonyl (C=O) groups is 3. The van der Waals surface area contributed by atoms with Crippen molar-refractivity contribution in [2.24, 2.45) is 0 Å². The largest absolute Gasteiger partial charge is 0.480 e. The molecule has 0 saturated carbocycles. The molecule has 3 N–H and O–H groups in total. The van der Waals surface area contributed by atoms with Gasteiger partial charge in [0.15, 0.2) is 0 Å². The zero-order valence-corrected chi connectivity index (χ0v) is 17.4. The highest BCUT2D eigenvalue weighted by Gasteiger charge is 2.41. The summed E-state index contributed by atoms with van der Waals surface area (Å²) in [5.41, 5.74) is -1.78. The summed E-state index contributed by atoms with van der Waals surface area (Å²) in [7, 11) is 0. The second-order valence-corrected chi connectivity index (χ2v) is 8.74. The lowest BCUT2D eigenvalue weighted by Crippen LogP contribution is -2.51. The second kappa shape index (κ2) is 8.72. The maximum Gasteiger partial charge on any atom is 0.407 e. The van der Waals surface area contributed by atoms with Gasteiger partial charge in [0.2, 0.25) is 5.91 Å². The quantitative estimate of drug-likeness (QED) is 0.580. The molecule has 2 atom stereocenters. The number of carboxylic acids is 1. The minimum atomic E-state index is -1.18. The Kier molecular flexibility index (Phi) is 6.77.